The summed E-state index contributed by atoms with van der Waals surface area (Å²) < 4.78 is 26.6. The first-order valence-corrected chi connectivity index (χ1v) is 8.24. The molecule has 0 saturated carbocycles. The fraction of sp³-hybridized carbons (Fsp3) is 0.278. The Labute approximate surface area is 147 Å². The van der Waals surface area contributed by atoms with Crippen molar-refractivity contribution >= 4 is 20.8 Å². The Morgan fingerprint density at radius 1 is 1.04 bits per heavy atom. The molecule has 0 aliphatic carbocycles. The number of carbonyl (C=O) groups is 1. The second kappa shape index (κ2) is 7.16. The molecule has 0 radical (unpaired) electrons. The molecule has 2 aromatic carbocycles. The van der Waals surface area contributed by atoms with Crippen molar-refractivity contribution in [1.82, 2.24) is 0 Å². The Hall–Kier alpha value is -1.88. The van der Waals surface area contributed by atoms with Gasteiger partial charge in [-0.3, -0.25) is 4.79 Å². The van der Waals surface area contributed by atoms with Crippen molar-refractivity contribution in [2.75, 3.05) is 4.90 Å². The number of aliphatic hydroxyl groups is 2. The molecular formula is C18H20F2NO3P. The highest BCUT2D eigenvalue weighted by molar-refractivity contribution is 7.18. The molecule has 0 aliphatic heterocycles. The van der Waals surface area contributed by atoms with Crippen molar-refractivity contribution in [2.45, 2.75) is 31.3 Å². The van der Waals surface area contributed by atoms with E-state index in [-0.39, 0.29) is 17.5 Å². The highest BCUT2D eigenvalue weighted by Gasteiger charge is 2.49. The number of carbonyl (C=O) groups excluding carboxylic acids is 1. The third-order valence-electron chi connectivity index (χ3n) is 3.77. The zero-order valence-electron chi connectivity index (χ0n) is 13.9. The van der Waals surface area contributed by atoms with Gasteiger partial charge < -0.3 is 15.1 Å². The first-order valence-electron chi connectivity index (χ1n) is 7.66. The lowest BCUT2D eigenvalue weighted by Gasteiger charge is -2.29. The van der Waals surface area contributed by atoms with Gasteiger partial charge in [-0.25, -0.2) is 0 Å². The summed E-state index contributed by atoms with van der Waals surface area (Å²) in [5.41, 5.74) is -3.27. The summed E-state index contributed by atoms with van der Waals surface area (Å²) in [6.07, 6.45) is 0. The van der Waals surface area contributed by atoms with E-state index in [4.69, 9.17) is 0 Å². The summed E-state index contributed by atoms with van der Waals surface area (Å²) in [5, 5.41) is 19.2. The molecule has 0 heterocycles. The summed E-state index contributed by atoms with van der Waals surface area (Å²) in [6.45, 7) is 3.72. The molecule has 7 heteroatoms. The van der Waals surface area contributed by atoms with E-state index in [1.807, 2.05) is 32.0 Å². The molecule has 0 aromatic heterocycles. The van der Waals surface area contributed by atoms with E-state index < -0.39 is 17.0 Å². The predicted octanol–water partition coefficient (Wildman–Crippen LogP) is 3.35. The molecule has 2 N–H and O–H groups in total. The molecule has 25 heavy (non-hydrogen) atoms. The van der Waals surface area contributed by atoms with E-state index in [9.17, 15) is 23.8 Å². The first-order chi connectivity index (χ1) is 11.6. The third-order valence-corrected chi connectivity index (χ3v) is 4.17. The molecule has 0 aliphatic rings. The highest BCUT2D eigenvalue weighted by atomic mass is 31.0. The minimum atomic E-state index is -3.83. The molecule has 1 amide bonds. The second-order valence-electron chi connectivity index (χ2n) is 5.98. The van der Waals surface area contributed by atoms with Crippen LogP contribution in [-0.4, -0.2) is 27.8 Å². The van der Waals surface area contributed by atoms with Gasteiger partial charge in [0.15, 0.2) is 0 Å². The van der Waals surface area contributed by atoms with Crippen molar-refractivity contribution in [2.24, 2.45) is 0 Å². The molecule has 1 atom stereocenters. The number of amides is 1. The lowest BCUT2D eigenvalue weighted by Crippen LogP contribution is -2.41. The molecule has 0 fully saturated rings. The first kappa shape index (κ1) is 19.4. The van der Waals surface area contributed by atoms with Crippen LogP contribution >= 0.6 is 9.24 Å². The summed E-state index contributed by atoms with van der Waals surface area (Å²) in [4.78, 5) is 14.4. The van der Waals surface area contributed by atoms with Gasteiger partial charge in [0.05, 0.1) is 0 Å². The average molecular weight is 367 g/mol. The van der Waals surface area contributed by atoms with Crippen molar-refractivity contribution in [1.29, 1.82) is 0 Å². The number of hydrogen-bond acceptors (Lipinski definition) is 3. The summed E-state index contributed by atoms with van der Waals surface area (Å²) >= 11 is 0. The minimum absolute atomic E-state index is 0.124. The van der Waals surface area contributed by atoms with Crippen LogP contribution in [0.5, 0.6) is 0 Å². The molecule has 0 spiro atoms. The maximum atomic E-state index is 13.3. The number of nitrogens with zero attached hydrogens (tertiary/aromatic N) is 1. The normalized spacial score (nSPS) is 12.3. The number of benzene rings is 2. The van der Waals surface area contributed by atoms with Crippen molar-refractivity contribution in [3.63, 3.8) is 0 Å². The summed E-state index contributed by atoms with van der Waals surface area (Å²) in [5.74, 6) is -3.65. The monoisotopic (exact) mass is 367 g/mol. The molecular weight excluding hydrogens is 347 g/mol. The number of halogens is 2. The van der Waals surface area contributed by atoms with E-state index in [1.165, 1.54) is 12.1 Å². The third kappa shape index (κ3) is 4.03. The molecule has 4 nitrogen and oxygen atoms in total. The molecule has 2 aromatic rings. The Morgan fingerprint density at radius 2 is 1.56 bits per heavy atom. The fourth-order valence-electron chi connectivity index (χ4n) is 2.42. The van der Waals surface area contributed by atoms with E-state index >= 15 is 0 Å². The van der Waals surface area contributed by atoms with E-state index in [0.717, 1.165) is 21.4 Å². The number of rotatable bonds is 5. The Kier molecular flexibility index (Phi) is 5.57. The lowest BCUT2D eigenvalue weighted by atomic mass is 10.0. The van der Waals surface area contributed by atoms with Crippen molar-refractivity contribution < 1.29 is 23.8 Å². The zero-order valence-corrected chi connectivity index (χ0v) is 15.0. The molecule has 1 unspecified atom stereocenters. The Bertz CT molecular complexity index is 728. The van der Waals surface area contributed by atoms with E-state index in [1.54, 1.807) is 17.0 Å². The van der Waals surface area contributed by atoms with Crippen molar-refractivity contribution in [3.05, 3.63) is 65.7 Å². The van der Waals surface area contributed by atoms with Crippen LogP contribution in [0.3, 0.4) is 0 Å². The van der Waals surface area contributed by atoms with Gasteiger partial charge >= 0.3 is 5.66 Å². The SMILES string of the molecule is CC(C)N(C(=O)c1ccc(C(O)(O)C(F)(F)P)cc1)c1ccccc1. The van der Waals surface area contributed by atoms with Gasteiger partial charge in [0.1, 0.15) is 0 Å². The molecule has 0 bridgehead atoms. The van der Waals surface area contributed by atoms with Gasteiger partial charge in [-0.1, -0.05) is 39.6 Å². The Balaban J connectivity index is 2.34. The van der Waals surface area contributed by atoms with E-state index in [0.29, 0.717) is 5.69 Å². The Morgan fingerprint density at radius 3 is 2.00 bits per heavy atom. The van der Waals surface area contributed by atoms with Crippen LogP contribution in [0.1, 0.15) is 29.8 Å². The van der Waals surface area contributed by atoms with Crippen LogP contribution in [0, 0.1) is 0 Å². The van der Waals surface area contributed by atoms with Crippen LogP contribution in [-0.2, 0) is 5.79 Å². The van der Waals surface area contributed by atoms with E-state index in [2.05, 4.69) is 0 Å². The second-order valence-corrected chi connectivity index (χ2v) is 6.70. The quantitative estimate of drug-likeness (QED) is 0.629. The lowest BCUT2D eigenvalue weighted by molar-refractivity contribution is -0.265. The molecule has 0 saturated heterocycles. The number of para-hydroxylation sites is 1. The topological polar surface area (TPSA) is 60.8 Å². The standard InChI is InChI=1S/C18H20F2NO3P/c1-12(2)21(15-6-4-3-5-7-15)16(22)13-8-10-14(11-9-13)17(23,24)18(19,20)25/h3-12,23-24H,25H2,1-2H3. The van der Waals surface area contributed by atoms with Gasteiger partial charge in [-0.15, -0.1) is 0 Å². The van der Waals surface area contributed by atoms with Crippen LogP contribution in [0.2, 0.25) is 0 Å². The minimum Gasteiger partial charge on any atom is -0.357 e. The molecule has 2 rings (SSSR count). The van der Waals surface area contributed by atoms with Crippen LogP contribution < -0.4 is 4.90 Å². The fourth-order valence-corrected chi connectivity index (χ4v) is 2.58. The van der Waals surface area contributed by atoms with Crippen LogP contribution in [0.15, 0.2) is 54.6 Å². The van der Waals surface area contributed by atoms with Gasteiger partial charge in [0, 0.05) is 22.9 Å². The van der Waals surface area contributed by atoms with Gasteiger partial charge in [0.25, 0.3) is 11.7 Å². The van der Waals surface area contributed by atoms with Gasteiger partial charge in [0.2, 0.25) is 0 Å². The van der Waals surface area contributed by atoms with Crippen LogP contribution in [0.25, 0.3) is 0 Å². The number of hydrogen-bond donors (Lipinski definition) is 2. The largest absolute Gasteiger partial charge is 0.357 e. The maximum absolute atomic E-state index is 13.3. The van der Waals surface area contributed by atoms with Gasteiger partial charge in [-0.2, -0.15) is 8.78 Å². The maximum Gasteiger partial charge on any atom is 0.315 e. The average Bonchev–Trinajstić information content (AvgIpc) is 2.54. The zero-order chi connectivity index (χ0) is 18.8. The van der Waals surface area contributed by atoms with Crippen molar-refractivity contribution in [3.8, 4) is 0 Å². The van der Waals surface area contributed by atoms with Gasteiger partial charge in [-0.05, 0) is 38.1 Å². The smallest absolute Gasteiger partial charge is 0.315 e. The number of anilines is 1. The number of alkyl halides is 2. The highest BCUT2D eigenvalue weighted by Crippen LogP contribution is 2.40. The van der Waals surface area contributed by atoms with Crippen LogP contribution in [0.4, 0.5) is 14.5 Å². The molecule has 134 valence electrons. The summed E-state index contributed by atoms with van der Waals surface area (Å²) in [6, 6.07) is 13.8. The summed E-state index contributed by atoms with van der Waals surface area (Å²) in [7, 11) is 1.10. The predicted molar refractivity (Wildman–Crippen MR) is 95.6 cm³/mol.